The molecule has 0 saturated carbocycles. The Morgan fingerprint density at radius 2 is 2.10 bits per heavy atom. The Morgan fingerprint density at radius 1 is 1.35 bits per heavy atom. The summed E-state index contributed by atoms with van der Waals surface area (Å²) in [6, 6.07) is 5.89. The molecule has 11 heteroatoms. The maximum atomic E-state index is 12.8. The molecule has 2 atom stereocenters. The van der Waals surface area contributed by atoms with Gasteiger partial charge in [-0.05, 0) is 61.0 Å². The molecule has 1 N–H and O–H groups in total. The largest absolute Gasteiger partial charge is 0.466 e. The predicted molar refractivity (Wildman–Crippen MR) is 113 cm³/mol. The smallest absolute Gasteiger partial charge is 0.305 e. The second-order valence-electron chi connectivity index (χ2n) is 7.11. The van der Waals surface area contributed by atoms with Crippen LogP contribution in [-0.4, -0.2) is 57.2 Å². The highest BCUT2D eigenvalue weighted by Gasteiger charge is 2.50. The Bertz CT molecular complexity index is 1010. The van der Waals surface area contributed by atoms with Crippen LogP contribution >= 0.6 is 12.2 Å². The van der Waals surface area contributed by atoms with E-state index in [1.165, 1.54) is 17.1 Å². The number of hydrogen-bond acceptors (Lipinski definition) is 7. The van der Waals surface area contributed by atoms with Crippen LogP contribution in [0.1, 0.15) is 25.3 Å². The highest BCUT2D eigenvalue weighted by atomic mass is 32.1. The second-order valence-corrected chi connectivity index (χ2v) is 7.50. The number of esters is 1. The van der Waals surface area contributed by atoms with E-state index in [-0.39, 0.29) is 30.0 Å². The van der Waals surface area contributed by atoms with Crippen LogP contribution in [0.2, 0.25) is 0 Å². The zero-order valence-corrected chi connectivity index (χ0v) is 17.5. The number of hydrogen-bond donors (Lipinski definition) is 1. The minimum Gasteiger partial charge on any atom is -0.466 e. The van der Waals surface area contributed by atoms with Crippen molar-refractivity contribution in [2.45, 2.75) is 32.0 Å². The van der Waals surface area contributed by atoms with Crippen molar-refractivity contribution >= 4 is 40.5 Å². The molecule has 2 unspecified atom stereocenters. The Hall–Kier alpha value is -3.47. The fourth-order valence-electron chi connectivity index (χ4n) is 3.69. The second kappa shape index (κ2) is 8.34. The van der Waals surface area contributed by atoms with Crippen LogP contribution in [0, 0.1) is 10.1 Å². The molecular formula is C20H20N4O6S. The molecule has 0 spiro atoms. The lowest BCUT2D eigenvalue weighted by Crippen LogP contribution is -2.65. The Labute approximate surface area is 183 Å². The van der Waals surface area contributed by atoms with E-state index in [9.17, 15) is 19.7 Å². The molecular weight excluding hydrogens is 424 g/mol. The lowest BCUT2D eigenvalue weighted by molar-refractivity contribution is -0.384. The van der Waals surface area contributed by atoms with Crippen molar-refractivity contribution in [1.29, 1.82) is 0 Å². The van der Waals surface area contributed by atoms with Gasteiger partial charge in [-0.15, -0.1) is 0 Å². The number of ether oxygens (including phenoxy) is 2. The number of amides is 1. The number of carbonyl (C=O) groups is 2. The van der Waals surface area contributed by atoms with Crippen molar-refractivity contribution in [1.82, 2.24) is 15.3 Å². The van der Waals surface area contributed by atoms with E-state index < -0.39 is 11.2 Å². The van der Waals surface area contributed by atoms with Gasteiger partial charge in [0.15, 0.2) is 5.11 Å². The number of nitro groups is 1. The number of benzene rings is 1. The van der Waals surface area contributed by atoms with Gasteiger partial charge in [0, 0.05) is 25.1 Å². The number of carbonyl (C=O) groups excluding carboxylic acids is 2. The molecule has 0 bridgehead atoms. The number of nitrogens with zero attached hydrogens (tertiary/aromatic N) is 3. The number of non-ortho nitro benzene ring substituents is 1. The number of allylic oxidation sites excluding steroid dienone is 2. The van der Waals surface area contributed by atoms with E-state index in [1.807, 2.05) is 12.2 Å². The molecule has 31 heavy (non-hydrogen) atoms. The van der Waals surface area contributed by atoms with Crippen molar-refractivity contribution in [3.05, 3.63) is 57.9 Å². The summed E-state index contributed by atoms with van der Waals surface area (Å²) in [7, 11) is 0. The molecule has 162 valence electrons. The molecule has 1 aliphatic carbocycles. The molecule has 10 nitrogen and oxygen atoms in total. The summed E-state index contributed by atoms with van der Waals surface area (Å²) in [4.78, 5) is 36.4. The summed E-state index contributed by atoms with van der Waals surface area (Å²) in [5.41, 5.74) is 4.56. The summed E-state index contributed by atoms with van der Waals surface area (Å²) in [5, 5.41) is 12.6. The Morgan fingerprint density at radius 3 is 2.77 bits per heavy atom. The number of fused-ring (bicyclic) bond motifs is 3. The Kier molecular flexibility index (Phi) is 5.59. The van der Waals surface area contributed by atoms with Crippen LogP contribution in [0.5, 0.6) is 0 Å². The molecule has 2 fully saturated rings. The van der Waals surface area contributed by atoms with Gasteiger partial charge in [-0.25, -0.2) is 5.01 Å². The first kappa shape index (κ1) is 20.8. The van der Waals surface area contributed by atoms with Gasteiger partial charge in [0.05, 0.1) is 11.5 Å². The van der Waals surface area contributed by atoms with Gasteiger partial charge in [0.2, 0.25) is 0 Å². The van der Waals surface area contributed by atoms with Crippen molar-refractivity contribution in [3.8, 4) is 0 Å². The summed E-state index contributed by atoms with van der Waals surface area (Å²) < 4.78 is 10.8. The predicted octanol–water partition coefficient (Wildman–Crippen LogP) is 1.88. The molecule has 4 rings (SSSR count). The fourth-order valence-corrected chi connectivity index (χ4v) is 4.01. The molecule has 2 aliphatic heterocycles. The monoisotopic (exact) mass is 444 g/mol. The van der Waals surface area contributed by atoms with E-state index in [1.54, 1.807) is 24.0 Å². The van der Waals surface area contributed by atoms with E-state index in [2.05, 4.69) is 5.43 Å². The van der Waals surface area contributed by atoms with Crippen molar-refractivity contribution in [2.75, 3.05) is 13.2 Å². The quantitative estimate of drug-likeness (QED) is 0.291. The molecule has 0 radical (unpaired) electrons. The van der Waals surface area contributed by atoms with Crippen molar-refractivity contribution < 1.29 is 24.0 Å². The minimum absolute atomic E-state index is 0.0153. The van der Waals surface area contributed by atoms with Gasteiger partial charge in [-0.2, -0.15) is 0 Å². The lowest BCUT2D eigenvalue weighted by atomic mass is 10.1. The molecule has 0 aromatic heterocycles. The molecule has 3 aliphatic rings. The normalized spacial score (nSPS) is 21.6. The molecule has 1 amide bonds. The summed E-state index contributed by atoms with van der Waals surface area (Å²) >= 11 is 5.46. The van der Waals surface area contributed by atoms with Crippen molar-refractivity contribution in [3.63, 3.8) is 0 Å². The van der Waals surface area contributed by atoms with Gasteiger partial charge >= 0.3 is 11.9 Å². The fraction of sp³-hybridized carbons (Fsp3) is 0.350. The van der Waals surface area contributed by atoms with Gasteiger partial charge in [0.1, 0.15) is 11.8 Å². The third-order valence-corrected chi connectivity index (χ3v) is 5.45. The number of rotatable bonds is 7. The van der Waals surface area contributed by atoms with E-state index in [0.717, 1.165) is 11.1 Å². The number of thiocarbonyl (C=S) groups is 1. The van der Waals surface area contributed by atoms with Crippen LogP contribution in [0.4, 0.5) is 5.69 Å². The SMILES string of the molecule is CCOC(=O)CCCN1NC(=S)N2C3C=C(c4ccc([N+](=O)[O-])cc4)C=C3OC2C1=O. The van der Waals surface area contributed by atoms with Gasteiger partial charge in [0.25, 0.3) is 11.9 Å². The average Bonchev–Trinajstić information content (AvgIpc) is 3.30. The topological polar surface area (TPSA) is 114 Å². The average molecular weight is 444 g/mol. The minimum atomic E-state index is -0.873. The van der Waals surface area contributed by atoms with E-state index in [4.69, 9.17) is 21.7 Å². The Balaban J connectivity index is 1.43. The maximum Gasteiger partial charge on any atom is 0.305 e. The molecule has 1 aromatic carbocycles. The first-order valence-electron chi connectivity index (χ1n) is 9.80. The number of nitro benzene ring substituents is 1. The van der Waals surface area contributed by atoms with Crippen molar-refractivity contribution in [2.24, 2.45) is 0 Å². The maximum absolute atomic E-state index is 12.8. The standard InChI is InChI=1S/C20H20N4O6S/c1-2-29-17(25)4-3-9-22-18(26)19-23(20(31)21-22)15-10-13(11-16(15)30-19)12-5-7-14(8-6-12)24(27)28/h5-8,10-11,15,19H,2-4,9H2,1H3,(H,21,31). The van der Waals surface area contributed by atoms with Crippen LogP contribution in [0.15, 0.2) is 42.2 Å². The summed E-state index contributed by atoms with van der Waals surface area (Å²) in [5.74, 6) is -0.0147. The third-order valence-electron chi connectivity index (χ3n) is 5.15. The van der Waals surface area contributed by atoms with Gasteiger partial charge in [-0.3, -0.25) is 30.0 Å². The number of nitrogens with one attached hydrogen (secondary N) is 1. The highest BCUT2D eigenvalue weighted by molar-refractivity contribution is 7.80. The van der Waals surface area contributed by atoms with Crippen LogP contribution in [-0.2, 0) is 19.1 Å². The van der Waals surface area contributed by atoms with Crippen LogP contribution < -0.4 is 5.43 Å². The third kappa shape index (κ3) is 3.96. The molecule has 2 heterocycles. The zero-order valence-electron chi connectivity index (χ0n) is 16.6. The van der Waals surface area contributed by atoms with E-state index in [0.29, 0.717) is 30.4 Å². The zero-order chi connectivity index (χ0) is 22.1. The first-order chi connectivity index (χ1) is 14.9. The number of hydrazine groups is 1. The van der Waals surface area contributed by atoms with E-state index >= 15 is 0 Å². The molecule has 1 aromatic rings. The summed E-state index contributed by atoms with van der Waals surface area (Å²) in [6.07, 6.45) is 3.49. The van der Waals surface area contributed by atoms with Gasteiger partial charge < -0.3 is 9.47 Å². The van der Waals surface area contributed by atoms with Crippen LogP contribution in [0.25, 0.3) is 5.57 Å². The lowest BCUT2D eigenvalue weighted by Gasteiger charge is -2.38. The summed E-state index contributed by atoms with van der Waals surface area (Å²) in [6.45, 7) is 2.35. The van der Waals surface area contributed by atoms with Gasteiger partial charge in [-0.1, -0.05) is 0 Å². The molecule has 2 saturated heterocycles. The highest BCUT2D eigenvalue weighted by Crippen LogP contribution is 2.38. The first-order valence-corrected chi connectivity index (χ1v) is 10.2. The van der Waals surface area contributed by atoms with Crippen LogP contribution in [0.3, 0.4) is 0 Å².